The fourth-order valence-electron chi connectivity index (χ4n) is 3.19. The zero-order chi connectivity index (χ0) is 17.6. The van der Waals surface area contributed by atoms with Gasteiger partial charge in [0.15, 0.2) is 0 Å². The number of ether oxygens (including phenoxy) is 1. The summed E-state index contributed by atoms with van der Waals surface area (Å²) >= 11 is 0. The van der Waals surface area contributed by atoms with Crippen molar-refractivity contribution in [1.29, 1.82) is 0 Å². The molecule has 1 aromatic heterocycles. The molecule has 2 fully saturated rings. The van der Waals surface area contributed by atoms with Gasteiger partial charge >= 0.3 is 0 Å². The van der Waals surface area contributed by atoms with E-state index >= 15 is 0 Å². The zero-order valence-electron chi connectivity index (χ0n) is 14.6. The Hall–Kier alpha value is -2.22. The van der Waals surface area contributed by atoms with Crippen LogP contribution in [0.2, 0.25) is 0 Å². The molecule has 8 heteroatoms. The first-order valence-corrected chi connectivity index (χ1v) is 8.94. The number of amides is 2. The topological polar surface area (TPSA) is 87.7 Å². The number of nitrogens with zero attached hydrogens (tertiary/aromatic N) is 4. The van der Waals surface area contributed by atoms with Crippen LogP contribution < -0.4 is 5.32 Å². The van der Waals surface area contributed by atoms with Gasteiger partial charge in [0.25, 0.3) is 11.8 Å². The lowest BCUT2D eigenvalue weighted by Crippen LogP contribution is -2.41. The van der Waals surface area contributed by atoms with Crippen molar-refractivity contribution < 1.29 is 14.3 Å². The van der Waals surface area contributed by atoms with Crippen LogP contribution >= 0.6 is 0 Å². The second-order valence-corrected chi connectivity index (χ2v) is 6.30. The number of hydrogen-bond donors (Lipinski definition) is 1. The van der Waals surface area contributed by atoms with Gasteiger partial charge in [-0.15, -0.1) is 0 Å². The Morgan fingerprint density at radius 1 is 1.16 bits per heavy atom. The quantitative estimate of drug-likeness (QED) is 0.865. The molecule has 2 saturated heterocycles. The van der Waals surface area contributed by atoms with Crippen molar-refractivity contribution in [2.24, 2.45) is 0 Å². The third-order valence-corrected chi connectivity index (χ3v) is 4.53. The summed E-state index contributed by atoms with van der Waals surface area (Å²) in [6.07, 6.45) is 5.31. The number of aromatic nitrogens is 2. The highest BCUT2D eigenvalue weighted by atomic mass is 16.5. The number of carbonyl (C=O) groups excluding carboxylic acids is 2. The maximum Gasteiger partial charge on any atom is 0.257 e. The second kappa shape index (κ2) is 8.24. The molecule has 0 aliphatic carbocycles. The molecule has 0 unspecified atom stereocenters. The zero-order valence-corrected chi connectivity index (χ0v) is 14.6. The molecule has 2 amide bonds. The van der Waals surface area contributed by atoms with Gasteiger partial charge in [0.2, 0.25) is 5.95 Å². The number of hydrogen-bond acceptors (Lipinski definition) is 6. The Bertz CT molecular complexity index is 601. The number of carbonyl (C=O) groups is 2. The lowest BCUT2D eigenvalue weighted by atomic mass is 10.2. The predicted molar refractivity (Wildman–Crippen MR) is 92.3 cm³/mol. The van der Waals surface area contributed by atoms with Crippen molar-refractivity contribution in [3.63, 3.8) is 0 Å². The molecule has 2 aliphatic heterocycles. The SMILES string of the molecule is CCNc1ncc(C(=O)N2CCCN(C(=O)[C@H]3CCCO3)CC2)cn1. The molecule has 3 heterocycles. The van der Waals surface area contributed by atoms with Crippen molar-refractivity contribution in [2.75, 3.05) is 44.6 Å². The van der Waals surface area contributed by atoms with E-state index in [9.17, 15) is 9.59 Å². The summed E-state index contributed by atoms with van der Waals surface area (Å²) in [5, 5.41) is 3.01. The highest BCUT2D eigenvalue weighted by Gasteiger charge is 2.30. The molecule has 25 heavy (non-hydrogen) atoms. The molecule has 8 nitrogen and oxygen atoms in total. The lowest BCUT2D eigenvalue weighted by molar-refractivity contribution is -0.140. The maximum absolute atomic E-state index is 12.7. The molecular weight excluding hydrogens is 322 g/mol. The van der Waals surface area contributed by atoms with Crippen LogP contribution in [0.25, 0.3) is 0 Å². The summed E-state index contributed by atoms with van der Waals surface area (Å²) in [6, 6.07) is 0. The van der Waals surface area contributed by atoms with Crippen LogP contribution in [0.5, 0.6) is 0 Å². The minimum Gasteiger partial charge on any atom is -0.368 e. The van der Waals surface area contributed by atoms with Gasteiger partial charge in [0, 0.05) is 51.7 Å². The van der Waals surface area contributed by atoms with E-state index in [1.807, 2.05) is 11.8 Å². The van der Waals surface area contributed by atoms with Crippen molar-refractivity contribution in [3.05, 3.63) is 18.0 Å². The van der Waals surface area contributed by atoms with Crippen molar-refractivity contribution in [1.82, 2.24) is 19.8 Å². The molecule has 0 bridgehead atoms. The van der Waals surface area contributed by atoms with Crippen LogP contribution in [0, 0.1) is 0 Å². The molecule has 0 spiro atoms. The number of anilines is 1. The minimum absolute atomic E-state index is 0.0603. The normalized spacial score (nSPS) is 21.1. The van der Waals surface area contributed by atoms with Crippen LogP contribution in [0.3, 0.4) is 0 Å². The summed E-state index contributed by atoms with van der Waals surface area (Å²) in [5.41, 5.74) is 0.473. The molecule has 136 valence electrons. The molecule has 1 aromatic rings. The van der Waals surface area contributed by atoms with Gasteiger partial charge in [0.05, 0.1) is 5.56 Å². The first-order valence-electron chi connectivity index (χ1n) is 8.94. The Morgan fingerprint density at radius 3 is 2.56 bits per heavy atom. The average molecular weight is 347 g/mol. The van der Waals surface area contributed by atoms with Gasteiger partial charge in [-0.2, -0.15) is 0 Å². The van der Waals surface area contributed by atoms with Crippen molar-refractivity contribution in [2.45, 2.75) is 32.3 Å². The molecule has 1 atom stereocenters. The standard InChI is InChI=1S/C17H25N5O3/c1-2-18-17-19-11-13(12-20-17)15(23)21-6-4-7-22(9-8-21)16(24)14-5-3-10-25-14/h11-12,14H,2-10H2,1H3,(H,18,19,20)/t14-/m1/s1. The molecule has 1 N–H and O–H groups in total. The van der Waals surface area contributed by atoms with Crippen LogP contribution in [0.1, 0.15) is 36.5 Å². The van der Waals surface area contributed by atoms with Gasteiger partial charge in [-0.05, 0) is 26.2 Å². The van der Waals surface area contributed by atoms with E-state index in [-0.39, 0.29) is 17.9 Å². The molecule has 0 saturated carbocycles. The molecule has 2 aliphatic rings. The lowest BCUT2D eigenvalue weighted by Gasteiger charge is -2.24. The second-order valence-electron chi connectivity index (χ2n) is 6.30. The van der Waals surface area contributed by atoms with E-state index in [1.165, 1.54) is 0 Å². The summed E-state index contributed by atoms with van der Waals surface area (Å²) in [5.74, 6) is 0.489. The fourth-order valence-corrected chi connectivity index (χ4v) is 3.19. The van der Waals surface area contributed by atoms with E-state index in [1.54, 1.807) is 17.3 Å². The summed E-state index contributed by atoms with van der Waals surface area (Å²) in [7, 11) is 0. The summed E-state index contributed by atoms with van der Waals surface area (Å²) in [4.78, 5) is 37.0. The highest BCUT2D eigenvalue weighted by molar-refractivity contribution is 5.93. The van der Waals surface area contributed by atoms with E-state index in [0.717, 1.165) is 25.8 Å². The van der Waals surface area contributed by atoms with Crippen LogP contribution in [0.4, 0.5) is 5.95 Å². The summed E-state index contributed by atoms with van der Waals surface area (Å²) < 4.78 is 5.49. The Morgan fingerprint density at radius 2 is 1.88 bits per heavy atom. The van der Waals surface area contributed by atoms with E-state index in [4.69, 9.17) is 4.74 Å². The van der Waals surface area contributed by atoms with E-state index < -0.39 is 0 Å². The van der Waals surface area contributed by atoms with Gasteiger partial charge < -0.3 is 19.9 Å². The monoisotopic (exact) mass is 347 g/mol. The predicted octanol–water partition coefficient (Wildman–Crippen LogP) is 0.762. The molecule has 0 aromatic carbocycles. The first-order chi connectivity index (χ1) is 12.2. The van der Waals surface area contributed by atoms with E-state index in [0.29, 0.717) is 44.3 Å². The van der Waals surface area contributed by atoms with Gasteiger partial charge in [-0.1, -0.05) is 0 Å². The Kier molecular flexibility index (Phi) is 5.80. The van der Waals surface area contributed by atoms with Crippen LogP contribution in [0.15, 0.2) is 12.4 Å². The first kappa shape index (κ1) is 17.6. The fraction of sp³-hybridized carbons (Fsp3) is 0.647. The number of rotatable bonds is 4. The number of nitrogens with one attached hydrogen (secondary N) is 1. The molecule has 0 radical (unpaired) electrons. The minimum atomic E-state index is -0.297. The Balaban J connectivity index is 1.58. The van der Waals surface area contributed by atoms with Crippen LogP contribution in [-0.2, 0) is 9.53 Å². The van der Waals surface area contributed by atoms with E-state index in [2.05, 4.69) is 15.3 Å². The summed E-state index contributed by atoms with van der Waals surface area (Å²) in [6.45, 7) is 5.71. The van der Waals surface area contributed by atoms with Gasteiger partial charge in [-0.25, -0.2) is 9.97 Å². The van der Waals surface area contributed by atoms with Crippen LogP contribution in [-0.4, -0.2) is 77.0 Å². The van der Waals surface area contributed by atoms with Crippen molar-refractivity contribution in [3.8, 4) is 0 Å². The average Bonchev–Trinajstić information content (AvgIpc) is 3.06. The maximum atomic E-state index is 12.7. The van der Waals surface area contributed by atoms with Gasteiger partial charge in [0.1, 0.15) is 6.10 Å². The highest BCUT2D eigenvalue weighted by Crippen LogP contribution is 2.16. The third-order valence-electron chi connectivity index (χ3n) is 4.53. The third kappa shape index (κ3) is 4.25. The smallest absolute Gasteiger partial charge is 0.257 e. The van der Waals surface area contributed by atoms with Crippen molar-refractivity contribution >= 4 is 17.8 Å². The largest absolute Gasteiger partial charge is 0.368 e. The molecular formula is C17H25N5O3. The van der Waals surface area contributed by atoms with Gasteiger partial charge in [-0.3, -0.25) is 9.59 Å². The Labute approximate surface area is 147 Å². The molecule has 3 rings (SSSR count).